The van der Waals surface area contributed by atoms with E-state index >= 15 is 0 Å². The van der Waals surface area contributed by atoms with Crippen molar-refractivity contribution in [2.45, 2.75) is 32.5 Å². The largest absolute Gasteiger partial charge is 0.395 e. The van der Waals surface area contributed by atoms with E-state index in [1.165, 1.54) is 12.8 Å². The van der Waals surface area contributed by atoms with Crippen LogP contribution >= 0.6 is 47.0 Å². The lowest BCUT2D eigenvalue weighted by Gasteiger charge is -2.12. The smallest absolute Gasteiger partial charge is 0.0558 e. The molecule has 0 bridgehead atoms. The molecule has 2 N–H and O–H groups in total. The van der Waals surface area contributed by atoms with E-state index in [0.29, 0.717) is 32.9 Å². The third-order valence-electron chi connectivity index (χ3n) is 2.67. The molecular weight excluding hydrogens is 280 g/mol. The Labute approximate surface area is 114 Å². The molecule has 0 radical (unpaired) electrons. The van der Waals surface area contributed by atoms with Gasteiger partial charge in [-0.15, -0.1) is 47.0 Å². The van der Waals surface area contributed by atoms with Crippen LogP contribution in [0.5, 0.6) is 0 Å². The minimum atomic E-state index is 0.327. The lowest BCUT2D eigenvalue weighted by Crippen LogP contribution is -2.07. The van der Waals surface area contributed by atoms with Crippen LogP contribution in [-0.2, 0) is 0 Å². The summed E-state index contributed by atoms with van der Waals surface area (Å²) in [5.41, 5.74) is 0. The standard InChI is InChI=1S/C10H18O2S4/c11-3-7-5-13-9(15-7)1-2-10-14-6-8(4-12)16-10/h7-12H,1-6H2. The summed E-state index contributed by atoms with van der Waals surface area (Å²) >= 11 is 7.89. The Hall–Kier alpha value is 1.32. The fourth-order valence-corrected chi connectivity index (χ4v) is 8.17. The zero-order chi connectivity index (χ0) is 11.4. The predicted octanol–water partition coefficient (Wildman–Crippen LogP) is 2.10. The number of aliphatic hydroxyl groups excluding tert-OH is 2. The van der Waals surface area contributed by atoms with Crippen LogP contribution in [0.2, 0.25) is 0 Å². The fourth-order valence-electron chi connectivity index (χ4n) is 1.78. The third-order valence-corrected chi connectivity index (χ3v) is 9.46. The van der Waals surface area contributed by atoms with Crippen molar-refractivity contribution in [2.75, 3.05) is 24.7 Å². The first-order valence-corrected chi connectivity index (χ1v) is 9.56. The molecule has 0 aliphatic carbocycles. The van der Waals surface area contributed by atoms with E-state index in [2.05, 4.69) is 0 Å². The molecule has 6 heteroatoms. The first kappa shape index (κ1) is 13.7. The Balaban J connectivity index is 1.61. The third kappa shape index (κ3) is 3.92. The van der Waals surface area contributed by atoms with E-state index in [1.54, 1.807) is 0 Å². The van der Waals surface area contributed by atoms with Gasteiger partial charge in [0.15, 0.2) is 0 Å². The van der Waals surface area contributed by atoms with Crippen LogP contribution in [0, 0.1) is 0 Å². The zero-order valence-electron chi connectivity index (χ0n) is 9.08. The van der Waals surface area contributed by atoms with Gasteiger partial charge in [-0.3, -0.25) is 0 Å². The maximum Gasteiger partial charge on any atom is 0.0558 e. The fraction of sp³-hybridized carbons (Fsp3) is 1.00. The lowest BCUT2D eigenvalue weighted by molar-refractivity contribution is 0.301. The van der Waals surface area contributed by atoms with Crippen LogP contribution in [0.15, 0.2) is 0 Å². The van der Waals surface area contributed by atoms with Crippen LogP contribution in [-0.4, -0.2) is 54.6 Å². The Morgan fingerprint density at radius 1 is 0.812 bits per heavy atom. The molecule has 2 heterocycles. The van der Waals surface area contributed by atoms with E-state index in [1.807, 2.05) is 47.0 Å². The molecular formula is C10H18O2S4. The molecule has 0 aromatic rings. The van der Waals surface area contributed by atoms with E-state index in [0.717, 1.165) is 11.5 Å². The summed E-state index contributed by atoms with van der Waals surface area (Å²) in [6, 6.07) is 0. The summed E-state index contributed by atoms with van der Waals surface area (Å²) in [5, 5.41) is 19.0. The van der Waals surface area contributed by atoms with Crippen molar-refractivity contribution in [3.8, 4) is 0 Å². The molecule has 94 valence electrons. The Bertz CT molecular complexity index is 195. The van der Waals surface area contributed by atoms with Gasteiger partial charge in [-0.05, 0) is 12.8 Å². The number of thioether (sulfide) groups is 4. The summed E-state index contributed by atoms with van der Waals surface area (Å²) < 4.78 is 1.37. The van der Waals surface area contributed by atoms with E-state index in [-0.39, 0.29) is 0 Å². The van der Waals surface area contributed by atoms with Gasteiger partial charge in [-0.2, -0.15) is 0 Å². The molecule has 0 spiro atoms. The first-order valence-electron chi connectivity index (χ1n) is 5.57. The first-order chi connectivity index (χ1) is 7.81. The van der Waals surface area contributed by atoms with Crippen LogP contribution in [0.25, 0.3) is 0 Å². The molecule has 16 heavy (non-hydrogen) atoms. The van der Waals surface area contributed by atoms with E-state index < -0.39 is 0 Å². The summed E-state index contributed by atoms with van der Waals surface area (Å²) in [5.74, 6) is 2.21. The molecule has 0 aromatic heterocycles. The van der Waals surface area contributed by atoms with Crippen molar-refractivity contribution >= 4 is 47.0 Å². The zero-order valence-corrected chi connectivity index (χ0v) is 12.3. The van der Waals surface area contributed by atoms with Crippen LogP contribution < -0.4 is 0 Å². The van der Waals surface area contributed by atoms with Gasteiger partial charge in [0.05, 0.1) is 22.4 Å². The number of hydrogen-bond acceptors (Lipinski definition) is 6. The summed E-state index contributed by atoms with van der Waals surface area (Å²) in [7, 11) is 0. The molecule has 4 unspecified atom stereocenters. The molecule has 0 saturated carbocycles. The van der Waals surface area contributed by atoms with E-state index in [9.17, 15) is 0 Å². The maximum atomic E-state index is 9.06. The van der Waals surface area contributed by atoms with E-state index in [4.69, 9.17) is 10.2 Å². The van der Waals surface area contributed by atoms with Gasteiger partial charge in [-0.25, -0.2) is 0 Å². The average molecular weight is 299 g/mol. The minimum absolute atomic E-state index is 0.327. The Morgan fingerprint density at radius 3 is 1.56 bits per heavy atom. The maximum absolute atomic E-state index is 9.06. The van der Waals surface area contributed by atoms with Crippen molar-refractivity contribution in [1.82, 2.24) is 0 Å². The molecule has 2 rings (SSSR count). The SMILES string of the molecule is OCC1CSC(CCC2SCC(CO)S2)S1. The monoisotopic (exact) mass is 298 g/mol. The Morgan fingerprint density at radius 2 is 1.25 bits per heavy atom. The van der Waals surface area contributed by atoms with Crippen LogP contribution in [0.3, 0.4) is 0 Å². The summed E-state index contributed by atoms with van der Waals surface area (Å²) in [6.07, 6.45) is 2.49. The molecule has 0 aromatic carbocycles. The summed E-state index contributed by atoms with van der Waals surface area (Å²) in [4.78, 5) is 0. The summed E-state index contributed by atoms with van der Waals surface area (Å²) in [6.45, 7) is 0.654. The second kappa shape index (κ2) is 7.04. The second-order valence-electron chi connectivity index (χ2n) is 3.98. The van der Waals surface area contributed by atoms with Crippen LogP contribution in [0.4, 0.5) is 0 Å². The van der Waals surface area contributed by atoms with Crippen molar-refractivity contribution in [1.29, 1.82) is 0 Å². The number of aliphatic hydroxyl groups is 2. The number of hydrogen-bond donors (Lipinski definition) is 2. The van der Waals surface area contributed by atoms with Gasteiger partial charge in [0.25, 0.3) is 0 Å². The van der Waals surface area contributed by atoms with Crippen molar-refractivity contribution in [3.05, 3.63) is 0 Å². The minimum Gasteiger partial charge on any atom is -0.395 e. The Kier molecular flexibility index (Phi) is 6.05. The van der Waals surface area contributed by atoms with Gasteiger partial charge < -0.3 is 10.2 Å². The molecule has 2 nitrogen and oxygen atoms in total. The van der Waals surface area contributed by atoms with Gasteiger partial charge in [0, 0.05) is 22.0 Å². The molecule has 2 fully saturated rings. The van der Waals surface area contributed by atoms with Gasteiger partial charge >= 0.3 is 0 Å². The highest BCUT2D eigenvalue weighted by molar-refractivity contribution is 8.21. The second-order valence-corrected chi connectivity index (χ2v) is 10.1. The van der Waals surface area contributed by atoms with Crippen LogP contribution in [0.1, 0.15) is 12.8 Å². The highest BCUT2D eigenvalue weighted by atomic mass is 32.2. The molecule has 4 atom stereocenters. The van der Waals surface area contributed by atoms with Crippen molar-refractivity contribution in [3.63, 3.8) is 0 Å². The lowest BCUT2D eigenvalue weighted by atomic mass is 10.4. The molecule has 2 aliphatic rings. The normalized spacial score (nSPS) is 39.4. The molecule has 2 aliphatic heterocycles. The van der Waals surface area contributed by atoms with Gasteiger partial charge in [-0.1, -0.05) is 0 Å². The highest BCUT2D eigenvalue weighted by Crippen LogP contribution is 2.44. The van der Waals surface area contributed by atoms with Crippen molar-refractivity contribution in [2.24, 2.45) is 0 Å². The van der Waals surface area contributed by atoms with Gasteiger partial charge in [0.1, 0.15) is 0 Å². The predicted molar refractivity (Wildman–Crippen MR) is 78.7 cm³/mol. The molecule has 0 amide bonds. The van der Waals surface area contributed by atoms with Gasteiger partial charge in [0.2, 0.25) is 0 Å². The highest BCUT2D eigenvalue weighted by Gasteiger charge is 2.29. The average Bonchev–Trinajstić information content (AvgIpc) is 2.95. The topological polar surface area (TPSA) is 40.5 Å². The molecule has 2 saturated heterocycles. The van der Waals surface area contributed by atoms with Crippen molar-refractivity contribution < 1.29 is 10.2 Å². The quantitative estimate of drug-likeness (QED) is 0.810. The number of rotatable bonds is 5.